The van der Waals surface area contributed by atoms with Crippen LogP contribution in [0.1, 0.15) is 19.8 Å². The van der Waals surface area contributed by atoms with E-state index in [1.807, 2.05) is 0 Å². The molecule has 86 valence electrons. The number of nitrogens with zero attached hydrogens (tertiary/aromatic N) is 1. The van der Waals surface area contributed by atoms with Gasteiger partial charge in [0.15, 0.2) is 0 Å². The van der Waals surface area contributed by atoms with Gasteiger partial charge in [-0.3, -0.25) is 4.90 Å². The molecule has 0 amide bonds. The van der Waals surface area contributed by atoms with E-state index < -0.39 is 5.97 Å². The first-order valence-electron chi connectivity index (χ1n) is 5.36. The molecule has 1 fully saturated rings. The zero-order chi connectivity index (χ0) is 11.3. The number of aliphatic hydroxyl groups is 1. The predicted octanol–water partition coefficient (Wildman–Crippen LogP) is 0.722. The average Bonchev–Trinajstić information content (AvgIpc) is 2.26. The number of aliphatic hydroxyl groups excluding tert-OH is 1. The lowest BCUT2D eigenvalue weighted by Crippen LogP contribution is -2.35. The summed E-state index contributed by atoms with van der Waals surface area (Å²) in [5.74, 6) is -0.411. The number of hydrogen-bond donors (Lipinski definition) is 2. The van der Waals surface area contributed by atoms with E-state index in [9.17, 15) is 4.79 Å². The van der Waals surface area contributed by atoms with Crippen LogP contribution in [0.4, 0.5) is 0 Å². The lowest BCUT2D eigenvalue weighted by Gasteiger charge is -2.30. The minimum absolute atomic E-state index is 0.276. The Morgan fingerprint density at radius 2 is 2.07 bits per heavy atom. The van der Waals surface area contributed by atoms with Crippen LogP contribution in [0.2, 0.25) is 0 Å². The molecule has 1 aliphatic rings. The maximum atomic E-state index is 10.6. The van der Waals surface area contributed by atoms with Gasteiger partial charge < -0.3 is 10.2 Å². The Morgan fingerprint density at radius 3 is 2.53 bits per heavy atom. The van der Waals surface area contributed by atoms with Gasteiger partial charge in [0.25, 0.3) is 0 Å². The highest BCUT2D eigenvalue weighted by Crippen LogP contribution is 2.16. The summed E-state index contributed by atoms with van der Waals surface area (Å²) >= 11 is 0. The normalized spacial score (nSPS) is 20.5. The van der Waals surface area contributed by atoms with Crippen molar-refractivity contribution in [2.24, 2.45) is 5.92 Å². The Balaban J connectivity index is 2.30. The number of aliphatic carboxylic acids is 1. The van der Waals surface area contributed by atoms with Crippen LogP contribution >= 0.6 is 0 Å². The fraction of sp³-hybridized carbons (Fsp3) is 0.727. The van der Waals surface area contributed by atoms with Gasteiger partial charge >= 0.3 is 5.97 Å². The van der Waals surface area contributed by atoms with Gasteiger partial charge in [-0.2, -0.15) is 0 Å². The van der Waals surface area contributed by atoms with Gasteiger partial charge in [0, 0.05) is 18.7 Å². The summed E-state index contributed by atoms with van der Waals surface area (Å²) in [7, 11) is 0. The van der Waals surface area contributed by atoms with Crippen molar-refractivity contribution in [3.8, 4) is 0 Å². The summed E-state index contributed by atoms with van der Waals surface area (Å²) in [6.07, 6.45) is 3.77. The van der Waals surface area contributed by atoms with Gasteiger partial charge in [-0.25, -0.2) is 4.79 Å². The average molecular weight is 213 g/mol. The molecule has 0 aliphatic carbocycles. The monoisotopic (exact) mass is 213 g/mol. The van der Waals surface area contributed by atoms with Crippen molar-refractivity contribution in [2.75, 3.05) is 26.2 Å². The van der Waals surface area contributed by atoms with Crippen LogP contribution < -0.4 is 0 Å². The summed E-state index contributed by atoms with van der Waals surface area (Å²) in [5.41, 5.74) is 0.402. The first-order valence-corrected chi connectivity index (χ1v) is 5.36. The zero-order valence-corrected chi connectivity index (χ0v) is 9.15. The minimum Gasteiger partial charge on any atom is -0.478 e. The third-order valence-corrected chi connectivity index (χ3v) is 2.96. The molecule has 1 rings (SSSR count). The van der Waals surface area contributed by atoms with Gasteiger partial charge in [-0.1, -0.05) is 6.08 Å². The van der Waals surface area contributed by atoms with Crippen molar-refractivity contribution in [3.63, 3.8) is 0 Å². The van der Waals surface area contributed by atoms with Gasteiger partial charge in [-0.15, -0.1) is 0 Å². The third kappa shape index (κ3) is 4.01. The van der Waals surface area contributed by atoms with E-state index in [0.717, 1.165) is 25.9 Å². The molecule has 0 bridgehead atoms. The van der Waals surface area contributed by atoms with Crippen molar-refractivity contribution in [1.29, 1.82) is 0 Å². The number of carbonyl (C=O) groups is 1. The van der Waals surface area contributed by atoms with Crippen LogP contribution in [0.3, 0.4) is 0 Å². The molecule has 0 saturated carbocycles. The smallest absolute Gasteiger partial charge is 0.330 e. The standard InChI is InChI=1S/C11H19NO3/c1-9(11(14)15)2-5-12-6-3-10(8-13)4-7-12/h2,10,13H,3-8H2,1H3,(H,14,15). The van der Waals surface area contributed by atoms with E-state index in [-0.39, 0.29) is 6.61 Å². The fourth-order valence-corrected chi connectivity index (χ4v) is 1.70. The first-order chi connectivity index (χ1) is 7.13. The second kappa shape index (κ2) is 5.88. The van der Waals surface area contributed by atoms with E-state index >= 15 is 0 Å². The molecule has 15 heavy (non-hydrogen) atoms. The van der Waals surface area contributed by atoms with Gasteiger partial charge in [0.1, 0.15) is 0 Å². The Bertz CT molecular complexity index is 242. The van der Waals surface area contributed by atoms with Crippen LogP contribution in [0.15, 0.2) is 11.6 Å². The third-order valence-electron chi connectivity index (χ3n) is 2.96. The molecule has 2 N–H and O–H groups in total. The van der Waals surface area contributed by atoms with Crippen molar-refractivity contribution in [2.45, 2.75) is 19.8 Å². The summed E-state index contributed by atoms with van der Waals surface area (Å²) in [5, 5.41) is 17.6. The van der Waals surface area contributed by atoms with Crippen LogP contribution in [0, 0.1) is 5.92 Å². The van der Waals surface area contributed by atoms with Crippen molar-refractivity contribution in [1.82, 2.24) is 4.90 Å². The van der Waals surface area contributed by atoms with E-state index in [0.29, 0.717) is 18.0 Å². The van der Waals surface area contributed by atoms with Crippen molar-refractivity contribution >= 4 is 5.97 Å². The Kier molecular flexibility index (Phi) is 4.78. The molecule has 0 radical (unpaired) electrons. The number of piperidine rings is 1. The Labute approximate surface area is 90.2 Å². The van der Waals surface area contributed by atoms with Gasteiger partial charge in [0.2, 0.25) is 0 Å². The second-order valence-electron chi connectivity index (χ2n) is 4.12. The SMILES string of the molecule is CC(=CCN1CCC(CO)CC1)C(=O)O. The topological polar surface area (TPSA) is 60.8 Å². The summed E-state index contributed by atoms with van der Waals surface area (Å²) in [6.45, 7) is 4.50. The van der Waals surface area contributed by atoms with Crippen LogP contribution in [0.25, 0.3) is 0 Å². The number of rotatable bonds is 4. The molecule has 0 aromatic rings. The predicted molar refractivity (Wildman–Crippen MR) is 57.6 cm³/mol. The molecular weight excluding hydrogens is 194 g/mol. The molecule has 0 unspecified atom stereocenters. The Hall–Kier alpha value is -0.870. The van der Waals surface area contributed by atoms with Crippen LogP contribution in [-0.4, -0.2) is 47.3 Å². The van der Waals surface area contributed by atoms with E-state index in [4.69, 9.17) is 10.2 Å². The quantitative estimate of drug-likeness (QED) is 0.676. The summed E-state index contributed by atoms with van der Waals surface area (Å²) < 4.78 is 0. The van der Waals surface area contributed by atoms with Crippen LogP contribution in [-0.2, 0) is 4.79 Å². The molecular formula is C11H19NO3. The maximum Gasteiger partial charge on any atom is 0.330 e. The van der Waals surface area contributed by atoms with Crippen molar-refractivity contribution < 1.29 is 15.0 Å². The van der Waals surface area contributed by atoms with Crippen molar-refractivity contribution in [3.05, 3.63) is 11.6 Å². The number of hydrogen-bond acceptors (Lipinski definition) is 3. The maximum absolute atomic E-state index is 10.6. The molecule has 1 saturated heterocycles. The highest BCUT2D eigenvalue weighted by molar-refractivity contribution is 5.85. The largest absolute Gasteiger partial charge is 0.478 e. The highest BCUT2D eigenvalue weighted by atomic mass is 16.4. The zero-order valence-electron chi connectivity index (χ0n) is 9.15. The van der Waals surface area contributed by atoms with E-state index in [1.54, 1.807) is 13.0 Å². The fourth-order valence-electron chi connectivity index (χ4n) is 1.70. The van der Waals surface area contributed by atoms with Gasteiger partial charge in [0.05, 0.1) is 0 Å². The highest BCUT2D eigenvalue weighted by Gasteiger charge is 2.17. The van der Waals surface area contributed by atoms with E-state index in [1.165, 1.54) is 0 Å². The number of carboxylic acids is 1. The minimum atomic E-state index is -0.847. The molecule has 0 aromatic carbocycles. The Morgan fingerprint density at radius 1 is 1.47 bits per heavy atom. The number of likely N-dealkylation sites (tertiary alicyclic amines) is 1. The molecule has 1 aliphatic heterocycles. The molecule has 4 nitrogen and oxygen atoms in total. The second-order valence-corrected chi connectivity index (χ2v) is 4.12. The molecule has 0 atom stereocenters. The van der Waals surface area contributed by atoms with E-state index in [2.05, 4.69) is 4.90 Å². The van der Waals surface area contributed by atoms with Crippen LogP contribution in [0.5, 0.6) is 0 Å². The molecule has 0 spiro atoms. The molecule has 4 heteroatoms. The summed E-state index contributed by atoms with van der Waals surface area (Å²) in [4.78, 5) is 12.8. The summed E-state index contributed by atoms with van der Waals surface area (Å²) in [6, 6.07) is 0. The first kappa shape index (κ1) is 12.2. The molecule has 0 aromatic heterocycles. The molecule has 1 heterocycles. The van der Waals surface area contributed by atoms with Gasteiger partial charge in [-0.05, 0) is 38.8 Å². The lowest BCUT2D eigenvalue weighted by atomic mass is 9.98. The lowest BCUT2D eigenvalue weighted by molar-refractivity contribution is -0.132. The number of carboxylic acid groups (broad SMARTS) is 1.